The lowest BCUT2D eigenvalue weighted by atomic mass is 10.2. The normalized spacial score (nSPS) is 9.95. The summed E-state index contributed by atoms with van der Waals surface area (Å²) in [4.78, 5) is 25.1. The number of H-pyrrole nitrogens is 1. The summed E-state index contributed by atoms with van der Waals surface area (Å²) in [5.74, 6) is -0.202. The topological polar surface area (TPSA) is 97.0 Å². The van der Waals surface area contributed by atoms with Crippen LogP contribution in [0.1, 0.15) is 17.3 Å². The largest absolute Gasteiger partial charge is 0.462 e. The van der Waals surface area contributed by atoms with Gasteiger partial charge in [0.1, 0.15) is 6.20 Å². The van der Waals surface area contributed by atoms with Crippen molar-refractivity contribution in [3.63, 3.8) is 0 Å². The van der Waals surface area contributed by atoms with Gasteiger partial charge in [0.15, 0.2) is 0 Å². The number of nitrogens with zero attached hydrogens (tertiary/aromatic N) is 2. The van der Waals surface area contributed by atoms with Crippen LogP contribution in [0.15, 0.2) is 35.3 Å². The number of aromatic nitrogens is 3. The third-order valence-electron chi connectivity index (χ3n) is 2.21. The number of rotatable bonds is 4. The molecule has 98 valence electrons. The maximum Gasteiger partial charge on any atom is 0.338 e. The Balaban J connectivity index is 2.19. The number of nitrogens with one attached hydrogen (secondary N) is 2. The number of carbonyl (C=O) groups excluding carboxylic acids is 1. The van der Waals surface area contributed by atoms with Gasteiger partial charge in [0.2, 0.25) is 5.95 Å². The minimum Gasteiger partial charge on any atom is -0.462 e. The second-order valence-corrected chi connectivity index (χ2v) is 3.61. The monoisotopic (exact) mass is 260 g/mol. The summed E-state index contributed by atoms with van der Waals surface area (Å²) in [5.41, 5.74) is 0.652. The number of hydrogen-bond donors (Lipinski definition) is 2. The van der Waals surface area contributed by atoms with Gasteiger partial charge in [0, 0.05) is 5.69 Å². The summed E-state index contributed by atoms with van der Waals surface area (Å²) >= 11 is 0. The van der Waals surface area contributed by atoms with Crippen LogP contribution in [0, 0.1) is 0 Å². The lowest BCUT2D eigenvalue weighted by Crippen LogP contribution is -2.11. The molecule has 7 nitrogen and oxygen atoms in total. The van der Waals surface area contributed by atoms with E-state index in [9.17, 15) is 9.59 Å². The molecule has 0 amide bonds. The Morgan fingerprint density at radius 2 is 2.32 bits per heavy atom. The Morgan fingerprint density at radius 1 is 1.47 bits per heavy atom. The first-order chi connectivity index (χ1) is 9.19. The molecule has 1 aromatic carbocycles. The van der Waals surface area contributed by atoms with E-state index < -0.39 is 5.97 Å². The van der Waals surface area contributed by atoms with Crippen molar-refractivity contribution in [2.45, 2.75) is 6.92 Å². The molecule has 1 heterocycles. The van der Waals surface area contributed by atoms with E-state index in [0.717, 1.165) is 6.20 Å². The molecule has 0 aliphatic rings. The van der Waals surface area contributed by atoms with Crippen LogP contribution in [-0.2, 0) is 4.74 Å². The SMILES string of the molecule is CCOC(=O)c1cccc(Nc2nncc(=O)[nH]2)c1. The highest BCUT2D eigenvalue weighted by Gasteiger charge is 2.07. The molecular weight excluding hydrogens is 248 g/mol. The minimum absolute atomic E-state index is 0.202. The predicted molar refractivity (Wildman–Crippen MR) is 68.3 cm³/mol. The molecule has 0 fully saturated rings. The van der Waals surface area contributed by atoms with Gasteiger partial charge in [-0.25, -0.2) is 4.79 Å². The molecule has 0 atom stereocenters. The quantitative estimate of drug-likeness (QED) is 0.798. The molecular formula is C12H12N4O3. The van der Waals surface area contributed by atoms with Gasteiger partial charge in [-0.1, -0.05) is 6.07 Å². The van der Waals surface area contributed by atoms with Crippen LogP contribution in [0.4, 0.5) is 11.6 Å². The summed E-state index contributed by atoms with van der Waals surface area (Å²) in [7, 11) is 0. The van der Waals surface area contributed by atoms with E-state index in [-0.39, 0.29) is 11.5 Å². The average molecular weight is 260 g/mol. The van der Waals surface area contributed by atoms with Gasteiger partial charge in [0.25, 0.3) is 5.56 Å². The van der Waals surface area contributed by atoms with E-state index in [4.69, 9.17) is 4.74 Å². The van der Waals surface area contributed by atoms with Crippen LogP contribution in [0.2, 0.25) is 0 Å². The summed E-state index contributed by atoms with van der Waals surface area (Å²) in [6.07, 6.45) is 1.07. The van der Waals surface area contributed by atoms with Crippen LogP contribution < -0.4 is 10.9 Å². The van der Waals surface area contributed by atoms with Crippen molar-refractivity contribution in [2.24, 2.45) is 0 Å². The van der Waals surface area contributed by atoms with Crippen LogP contribution >= 0.6 is 0 Å². The standard InChI is InChI=1S/C12H12N4O3/c1-2-19-11(18)8-4-3-5-9(6-8)14-12-15-10(17)7-13-16-12/h3-7H,2H2,1H3,(H2,14,15,16,17). The van der Waals surface area contributed by atoms with E-state index in [2.05, 4.69) is 20.5 Å². The highest BCUT2D eigenvalue weighted by atomic mass is 16.5. The first kappa shape index (κ1) is 12.7. The fourth-order valence-corrected chi connectivity index (χ4v) is 1.44. The number of anilines is 2. The van der Waals surface area contributed by atoms with Crippen molar-refractivity contribution in [2.75, 3.05) is 11.9 Å². The molecule has 0 bridgehead atoms. The minimum atomic E-state index is -0.404. The smallest absolute Gasteiger partial charge is 0.338 e. The summed E-state index contributed by atoms with van der Waals surface area (Å²) < 4.78 is 4.90. The van der Waals surface area contributed by atoms with Crippen LogP contribution in [0.5, 0.6) is 0 Å². The molecule has 7 heteroatoms. The fraction of sp³-hybridized carbons (Fsp3) is 0.167. The number of ether oxygens (including phenoxy) is 1. The molecule has 0 radical (unpaired) electrons. The molecule has 2 rings (SSSR count). The lowest BCUT2D eigenvalue weighted by molar-refractivity contribution is 0.0526. The van der Waals surface area contributed by atoms with Crippen molar-refractivity contribution in [3.8, 4) is 0 Å². The van der Waals surface area contributed by atoms with Crippen molar-refractivity contribution >= 4 is 17.6 Å². The Hall–Kier alpha value is -2.70. The van der Waals surface area contributed by atoms with Gasteiger partial charge in [-0.05, 0) is 25.1 Å². The zero-order valence-electron chi connectivity index (χ0n) is 10.2. The van der Waals surface area contributed by atoms with E-state index in [1.54, 1.807) is 31.2 Å². The first-order valence-corrected chi connectivity index (χ1v) is 5.65. The van der Waals surface area contributed by atoms with Crippen molar-refractivity contribution in [1.29, 1.82) is 0 Å². The number of benzene rings is 1. The maximum absolute atomic E-state index is 11.6. The third-order valence-corrected chi connectivity index (χ3v) is 2.21. The predicted octanol–water partition coefficient (Wildman–Crippen LogP) is 1.09. The van der Waals surface area contributed by atoms with E-state index in [1.165, 1.54) is 0 Å². The second-order valence-electron chi connectivity index (χ2n) is 3.61. The van der Waals surface area contributed by atoms with Gasteiger partial charge < -0.3 is 10.1 Å². The molecule has 0 spiro atoms. The number of carbonyl (C=O) groups is 1. The molecule has 1 aromatic heterocycles. The zero-order valence-corrected chi connectivity index (χ0v) is 10.2. The number of aromatic amines is 1. The Morgan fingerprint density at radius 3 is 3.05 bits per heavy atom. The van der Waals surface area contributed by atoms with Gasteiger partial charge >= 0.3 is 5.97 Å². The van der Waals surface area contributed by atoms with Crippen molar-refractivity contribution < 1.29 is 9.53 Å². The fourth-order valence-electron chi connectivity index (χ4n) is 1.44. The highest BCUT2D eigenvalue weighted by molar-refractivity contribution is 5.90. The molecule has 0 saturated heterocycles. The van der Waals surface area contributed by atoms with E-state index in [1.807, 2.05) is 0 Å². The Bertz CT molecular complexity index is 639. The highest BCUT2D eigenvalue weighted by Crippen LogP contribution is 2.14. The molecule has 0 aliphatic carbocycles. The van der Waals surface area contributed by atoms with Crippen LogP contribution in [-0.4, -0.2) is 27.8 Å². The van der Waals surface area contributed by atoms with Gasteiger partial charge in [0.05, 0.1) is 12.2 Å². The molecule has 0 aliphatic heterocycles. The Kier molecular flexibility index (Phi) is 3.87. The van der Waals surface area contributed by atoms with Gasteiger partial charge in [-0.2, -0.15) is 0 Å². The van der Waals surface area contributed by atoms with Crippen molar-refractivity contribution in [3.05, 3.63) is 46.4 Å². The molecule has 0 unspecified atom stereocenters. The second kappa shape index (κ2) is 5.76. The van der Waals surface area contributed by atoms with E-state index in [0.29, 0.717) is 17.9 Å². The molecule has 2 N–H and O–H groups in total. The molecule has 2 aromatic rings. The van der Waals surface area contributed by atoms with Crippen molar-refractivity contribution in [1.82, 2.24) is 15.2 Å². The van der Waals surface area contributed by atoms with Crippen LogP contribution in [0.25, 0.3) is 0 Å². The summed E-state index contributed by atoms with van der Waals surface area (Å²) in [5, 5.41) is 10.1. The van der Waals surface area contributed by atoms with Gasteiger partial charge in [-0.15, -0.1) is 10.2 Å². The van der Waals surface area contributed by atoms with Gasteiger partial charge in [-0.3, -0.25) is 9.78 Å². The maximum atomic E-state index is 11.6. The first-order valence-electron chi connectivity index (χ1n) is 5.65. The number of hydrogen-bond acceptors (Lipinski definition) is 6. The summed E-state index contributed by atoms with van der Waals surface area (Å²) in [6.45, 7) is 2.05. The lowest BCUT2D eigenvalue weighted by Gasteiger charge is -2.06. The average Bonchev–Trinajstić information content (AvgIpc) is 2.39. The molecule has 0 saturated carbocycles. The summed E-state index contributed by atoms with van der Waals surface area (Å²) in [6, 6.07) is 6.67. The van der Waals surface area contributed by atoms with Crippen LogP contribution in [0.3, 0.4) is 0 Å². The zero-order chi connectivity index (χ0) is 13.7. The Labute approximate surface area is 108 Å². The number of esters is 1. The third kappa shape index (κ3) is 3.38. The molecule has 19 heavy (non-hydrogen) atoms. The van der Waals surface area contributed by atoms with E-state index >= 15 is 0 Å².